The zero-order valence-electron chi connectivity index (χ0n) is 14.9. The van der Waals surface area contributed by atoms with Crippen molar-refractivity contribution < 1.29 is 19.1 Å². The summed E-state index contributed by atoms with van der Waals surface area (Å²) in [6.07, 6.45) is 0. The summed E-state index contributed by atoms with van der Waals surface area (Å²) in [5, 5.41) is 5.20. The van der Waals surface area contributed by atoms with Crippen molar-refractivity contribution in [2.45, 2.75) is 0 Å². The Morgan fingerprint density at radius 3 is 2.35 bits per heavy atom. The molecule has 2 rings (SSSR count). The highest BCUT2D eigenvalue weighted by Crippen LogP contribution is 2.23. The molecule has 0 spiro atoms. The SMILES string of the molecule is COc1ccc(NC(=O)CNC(=O)c2ccccc2)cc1C(=O)N(C)C. The van der Waals surface area contributed by atoms with Gasteiger partial charge in [0.05, 0.1) is 19.2 Å². The number of anilines is 1. The minimum Gasteiger partial charge on any atom is -0.496 e. The van der Waals surface area contributed by atoms with Crippen LogP contribution in [-0.4, -0.2) is 50.4 Å². The summed E-state index contributed by atoms with van der Waals surface area (Å²) in [6.45, 7) is -0.184. The van der Waals surface area contributed by atoms with Gasteiger partial charge in [-0.1, -0.05) is 18.2 Å². The van der Waals surface area contributed by atoms with E-state index in [0.29, 0.717) is 22.6 Å². The van der Waals surface area contributed by atoms with Crippen molar-refractivity contribution >= 4 is 23.4 Å². The molecule has 2 aromatic carbocycles. The van der Waals surface area contributed by atoms with Crippen LogP contribution >= 0.6 is 0 Å². The minimum atomic E-state index is -0.400. The summed E-state index contributed by atoms with van der Waals surface area (Å²) in [4.78, 5) is 37.6. The Labute approximate surface area is 152 Å². The molecule has 2 aromatic rings. The summed E-state index contributed by atoms with van der Waals surface area (Å²) >= 11 is 0. The van der Waals surface area contributed by atoms with Gasteiger partial charge in [0.25, 0.3) is 11.8 Å². The van der Waals surface area contributed by atoms with Gasteiger partial charge in [-0.25, -0.2) is 0 Å². The third kappa shape index (κ3) is 4.83. The molecule has 0 atom stereocenters. The second kappa shape index (κ2) is 8.66. The molecule has 26 heavy (non-hydrogen) atoms. The molecule has 0 radical (unpaired) electrons. The molecule has 0 aliphatic rings. The van der Waals surface area contributed by atoms with Gasteiger partial charge in [-0.05, 0) is 30.3 Å². The Morgan fingerprint density at radius 2 is 1.73 bits per heavy atom. The lowest BCUT2D eigenvalue weighted by Crippen LogP contribution is -2.32. The van der Waals surface area contributed by atoms with E-state index in [9.17, 15) is 14.4 Å². The van der Waals surface area contributed by atoms with Gasteiger partial charge in [0.15, 0.2) is 0 Å². The van der Waals surface area contributed by atoms with Crippen molar-refractivity contribution in [2.24, 2.45) is 0 Å². The number of benzene rings is 2. The number of rotatable bonds is 6. The lowest BCUT2D eigenvalue weighted by molar-refractivity contribution is -0.115. The van der Waals surface area contributed by atoms with Crippen LogP contribution in [0.3, 0.4) is 0 Å². The molecular formula is C19H21N3O4. The second-order valence-corrected chi connectivity index (χ2v) is 5.71. The van der Waals surface area contributed by atoms with Crippen LogP contribution in [-0.2, 0) is 4.79 Å². The zero-order chi connectivity index (χ0) is 19.1. The molecule has 3 amide bonds. The first-order valence-corrected chi connectivity index (χ1v) is 7.95. The van der Waals surface area contributed by atoms with Gasteiger partial charge in [0, 0.05) is 25.3 Å². The van der Waals surface area contributed by atoms with E-state index in [1.807, 2.05) is 0 Å². The molecule has 136 valence electrons. The molecule has 0 aliphatic heterocycles. The average Bonchev–Trinajstić information content (AvgIpc) is 2.66. The van der Waals surface area contributed by atoms with E-state index < -0.39 is 5.91 Å². The normalized spacial score (nSPS) is 9.96. The topological polar surface area (TPSA) is 87.7 Å². The molecular weight excluding hydrogens is 334 g/mol. The van der Waals surface area contributed by atoms with E-state index in [-0.39, 0.29) is 18.4 Å². The number of hydrogen-bond acceptors (Lipinski definition) is 4. The van der Waals surface area contributed by atoms with Crippen molar-refractivity contribution in [3.05, 3.63) is 59.7 Å². The Bertz CT molecular complexity index is 804. The first kappa shape index (κ1) is 19.0. The summed E-state index contributed by atoms with van der Waals surface area (Å²) in [6, 6.07) is 13.4. The maximum absolute atomic E-state index is 12.2. The quantitative estimate of drug-likeness (QED) is 0.827. The predicted octanol–water partition coefficient (Wildman–Crippen LogP) is 1.77. The number of carbonyl (C=O) groups excluding carboxylic acids is 3. The summed E-state index contributed by atoms with van der Waals surface area (Å²) in [5.74, 6) is -0.559. The van der Waals surface area contributed by atoms with E-state index in [0.717, 1.165) is 0 Å². The van der Waals surface area contributed by atoms with Gasteiger partial charge in [-0.2, -0.15) is 0 Å². The van der Waals surface area contributed by atoms with Gasteiger partial charge in [-0.3, -0.25) is 14.4 Å². The van der Waals surface area contributed by atoms with Gasteiger partial charge in [0.1, 0.15) is 5.75 Å². The number of amides is 3. The number of nitrogens with one attached hydrogen (secondary N) is 2. The smallest absolute Gasteiger partial charge is 0.257 e. The van der Waals surface area contributed by atoms with Gasteiger partial charge < -0.3 is 20.3 Å². The second-order valence-electron chi connectivity index (χ2n) is 5.71. The molecule has 7 heteroatoms. The summed E-state index contributed by atoms with van der Waals surface area (Å²) in [5.41, 5.74) is 1.25. The first-order chi connectivity index (χ1) is 12.4. The van der Waals surface area contributed by atoms with Gasteiger partial charge >= 0.3 is 0 Å². The van der Waals surface area contributed by atoms with Crippen LogP contribution < -0.4 is 15.4 Å². The highest BCUT2D eigenvalue weighted by Gasteiger charge is 2.16. The van der Waals surface area contributed by atoms with Gasteiger partial charge in [0.2, 0.25) is 5.91 Å². The highest BCUT2D eigenvalue weighted by atomic mass is 16.5. The molecule has 0 bridgehead atoms. The summed E-state index contributed by atoms with van der Waals surface area (Å²) < 4.78 is 5.19. The van der Waals surface area contributed by atoms with Crippen LogP contribution in [0.5, 0.6) is 5.75 Å². The van der Waals surface area contributed by atoms with E-state index >= 15 is 0 Å². The molecule has 0 aromatic heterocycles. The van der Waals surface area contributed by atoms with Crippen LogP contribution in [0.2, 0.25) is 0 Å². The fourth-order valence-corrected chi connectivity index (χ4v) is 2.25. The molecule has 0 aliphatic carbocycles. The highest BCUT2D eigenvalue weighted by molar-refractivity contribution is 6.01. The molecule has 0 unspecified atom stereocenters. The predicted molar refractivity (Wildman–Crippen MR) is 98.4 cm³/mol. The molecule has 0 heterocycles. The lowest BCUT2D eigenvalue weighted by atomic mass is 10.1. The molecule has 2 N–H and O–H groups in total. The Kier molecular flexibility index (Phi) is 6.32. The Morgan fingerprint density at radius 1 is 1.04 bits per heavy atom. The fraction of sp³-hybridized carbons (Fsp3) is 0.211. The van der Waals surface area contributed by atoms with Crippen molar-refractivity contribution in [3.63, 3.8) is 0 Å². The number of hydrogen-bond donors (Lipinski definition) is 2. The third-order valence-electron chi connectivity index (χ3n) is 3.57. The Hall–Kier alpha value is -3.35. The molecule has 0 saturated heterocycles. The van der Waals surface area contributed by atoms with E-state index in [4.69, 9.17) is 4.74 Å². The molecule has 7 nitrogen and oxygen atoms in total. The number of nitrogens with zero attached hydrogens (tertiary/aromatic N) is 1. The molecule has 0 saturated carbocycles. The molecule has 0 fully saturated rings. The van der Waals surface area contributed by atoms with Crippen LogP contribution in [0.1, 0.15) is 20.7 Å². The Balaban J connectivity index is 2.01. The van der Waals surface area contributed by atoms with Crippen LogP contribution in [0.15, 0.2) is 48.5 Å². The van der Waals surface area contributed by atoms with Crippen LogP contribution in [0.25, 0.3) is 0 Å². The third-order valence-corrected chi connectivity index (χ3v) is 3.57. The van der Waals surface area contributed by atoms with Crippen LogP contribution in [0.4, 0.5) is 5.69 Å². The standard InChI is InChI=1S/C19H21N3O4/c1-22(2)19(25)15-11-14(9-10-16(15)26-3)21-17(23)12-20-18(24)13-7-5-4-6-8-13/h4-11H,12H2,1-3H3,(H,20,24)(H,21,23). The van der Waals surface area contributed by atoms with Gasteiger partial charge in [-0.15, -0.1) is 0 Å². The maximum Gasteiger partial charge on any atom is 0.257 e. The zero-order valence-corrected chi connectivity index (χ0v) is 14.9. The van der Waals surface area contributed by atoms with Crippen molar-refractivity contribution in [1.82, 2.24) is 10.2 Å². The largest absolute Gasteiger partial charge is 0.496 e. The van der Waals surface area contributed by atoms with E-state index in [2.05, 4.69) is 10.6 Å². The average molecular weight is 355 g/mol. The number of methoxy groups -OCH3 is 1. The number of carbonyl (C=O) groups is 3. The van der Waals surface area contributed by atoms with Crippen LogP contribution in [0, 0.1) is 0 Å². The lowest BCUT2D eigenvalue weighted by Gasteiger charge is -2.15. The van der Waals surface area contributed by atoms with E-state index in [1.165, 1.54) is 18.1 Å². The van der Waals surface area contributed by atoms with Crippen molar-refractivity contribution in [1.29, 1.82) is 0 Å². The fourth-order valence-electron chi connectivity index (χ4n) is 2.25. The summed E-state index contributed by atoms with van der Waals surface area (Å²) in [7, 11) is 4.73. The van der Waals surface area contributed by atoms with Crippen molar-refractivity contribution in [3.8, 4) is 5.75 Å². The monoisotopic (exact) mass is 355 g/mol. The minimum absolute atomic E-state index is 0.184. The first-order valence-electron chi connectivity index (χ1n) is 7.95. The number of ether oxygens (including phenoxy) is 1. The van der Waals surface area contributed by atoms with Crippen molar-refractivity contribution in [2.75, 3.05) is 33.1 Å². The maximum atomic E-state index is 12.2. The van der Waals surface area contributed by atoms with E-state index in [1.54, 1.807) is 56.6 Å².